The fourth-order valence-corrected chi connectivity index (χ4v) is 4.53. The van der Waals surface area contributed by atoms with Crippen LogP contribution < -0.4 is 10.2 Å². The van der Waals surface area contributed by atoms with Crippen LogP contribution in [0.15, 0.2) is 24.3 Å². The first-order valence-electron chi connectivity index (χ1n) is 9.71. The first kappa shape index (κ1) is 16.9. The normalized spacial score (nSPS) is 26.9. The zero-order valence-electron chi connectivity index (χ0n) is 15.3. The highest BCUT2D eigenvalue weighted by molar-refractivity contribution is 5.76. The van der Waals surface area contributed by atoms with Crippen molar-refractivity contribution in [2.24, 2.45) is 11.8 Å². The number of hydrogen-bond acceptors (Lipinski definition) is 4. The van der Waals surface area contributed by atoms with Crippen LogP contribution in [0.4, 0.5) is 5.69 Å². The van der Waals surface area contributed by atoms with Gasteiger partial charge in [-0.1, -0.05) is 12.1 Å². The molecule has 3 heterocycles. The highest BCUT2D eigenvalue weighted by Gasteiger charge is 2.37. The number of nitrogens with zero attached hydrogens (tertiary/aromatic N) is 3. The molecule has 3 saturated heterocycles. The maximum atomic E-state index is 12.5. The van der Waals surface area contributed by atoms with Crippen molar-refractivity contribution in [3.63, 3.8) is 0 Å². The van der Waals surface area contributed by atoms with Crippen molar-refractivity contribution < 1.29 is 4.79 Å². The summed E-state index contributed by atoms with van der Waals surface area (Å²) >= 11 is 0. The Bertz CT molecular complexity index is 599. The van der Waals surface area contributed by atoms with Gasteiger partial charge >= 0.3 is 0 Å². The maximum absolute atomic E-state index is 12.5. The summed E-state index contributed by atoms with van der Waals surface area (Å²) in [6.07, 6.45) is 0.678. The molecule has 0 saturated carbocycles. The average molecular weight is 342 g/mol. The molecule has 1 N–H and O–H groups in total. The van der Waals surface area contributed by atoms with Crippen molar-refractivity contribution in [1.29, 1.82) is 0 Å². The van der Waals surface area contributed by atoms with Gasteiger partial charge < -0.3 is 15.1 Å². The van der Waals surface area contributed by atoms with Crippen LogP contribution in [0.3, 0.4) is 0 Å². The lowest BCUT2D eigenvalue weighted by Crippen LogP contribution is -2.47. The number of carbonyl (C=O) groups is 1. The Labute approximate surface area is 151 Å². The second-order valence-electron chi connectivity index (χ2n) is 7.89. The molecule has 0 unspecified atom stereocenters. The van der Waals surface area contributed by atoms with Gasteiger partial charge in [0.2, 0.25) is 5.91 Å². The summed E-state index contributed by atoms with van der Waals surface area (Å²) in [5, 5.41) is 3.44. The number of benzene rings is 1. The number of anilines is 1. The Hall–Kier alpha value is -1.59. The quantitative estimate of drug-likeness (QED) is 0.892. The lowest BCUT2D eigenvalue weighted by atomic mass is 10.0. The molecule has 5 nitrogen and oxygen atoms in total. The van der Waals surface area contributed by atoms with Gasteiger partial charge in [0.1, 0.15) is 0 Å². The van der Waals surface area contributed by atoms with Crippen LogP contribution in [0.2, 0.25) is 0 Å². The first-order chi connectivity index (χ1) is 12.2. The van der Waals surface area contributed by atoms with Crippen LogP contribution in [0, 0.1) is 18.8 Å². The van der Waals surface area contributed by atoms with E-state index >= 15 is 0 Å². The lowest BCUT2D eigenvalue weighted by molar-refractivity contribution is -0.130. The molecule has 2 atom stereocenters. The van der Waals surface area contributed by atoms with Gasteiger partial charge in [0, 0.05) is 71.0 Å². The molecular weight excluding hydrogens is 312 g/mol. The molecule has 0 aliphatic carbocycles. The van der Waals surface area contributed by atoms with Gasteiger partial charge in [0.15, 0.2) is 0 Å². The van der Waals surface area contributed by atoms with Gasteiger partial charge in [-0.15, -0.1) is 0 Å². The van der Waals surface area contributed by atoms with E-state index in [-0.39, 0.29) is 0 Å². The van der Waals surface area contributed by atoms with Gasteiger partial charge in [0.25, 0.3) is 0 Å². The molecule has 136 valence electrons. The minimum absolute atomic E-state index is 0.357. The van der Waals surface area contributed by atoms with Gasteiger partial charge in [0.05, 0.1) is 0 Å². The zero-order chi connectivity index (χ0) is 17.2. The molecule has 4 rings (SSSR count). The summed E-state index contributed by atoms with van der Waals surface area (Å²) in [5.74, 6) is 1.75. The lowest BCUT2D eigenvalue weighted by Gasteiger charge is -2.36. The monoisotopic (exact) mass is 342 g/mol. The smallest absolute Gasteiger partial charge is 0.223 e. The number of aryl methyl sites for hydroxylation is 1. The number of piperazine rings is 1. The summed E-state index contributed by atoms with van der Waals surface area (Å²) < 4.78 is 0. The van der Waals surface area contributed by atoms with Crippen LogP contribution in [0.5, 0.6) is 0 Å². The van der Waals surface area contributed by atoms with E-state index in [0.717, 1.165) is 58.9 Å². The summed E-state index contributed by atoms with van der Waals surface area (Å²) in [5.41, 5.74) is 2.64. The molecule has 3 aliphatic rings. The Kier molecular flexibility index (Phi) is 4.95. The molecule has 1 amide bonds. The standard InChI is InChI=1S/C20H30N4O/c1-16-3-2-4-19(11-16)23-9-7-22(8-10-23)6-5-20(25)24-14-17-12-21-13-18(17)15-24/h2-4,11,17-18,21H,5-10,12-15H2,1H3/t17-,18+. The van der Waals surface area contributed by atoms with Crippen LogP contribution in [-0.4, -0.2) is 74.6 Å². The van der Waals surface area contributed by atoms with E-state index < -0.39 is 0 Å². The number of nitrogens with one attached hydrogen (secondary N) is 1. The Morgan fingerprint density at radius 2 is 1.84 bits per heavy atom. The maximum Gasteiger partial charge on any atom is 0.223 e. The van der Waals surface area contributed by atoms with E-state index in [9.17, 15) is 4.79 Å². The molecule has 1 aromatic carbocycles. The van der Waals surface area contributed by atoms with Crippen molar-refractivity contribution in [3.8, 4) is 0 Å². The van der Waals surface area contributed by atoms with E-state index in [1.807, 2.05) is 0 Å². The predicted octanol–water partition coefficient (Wildman–Crippen LogP) is 1.18. The number of amides is 1. The minimum atomic E-state index is 0.357. The van der Waals surface area contributed by atoms with E-state index in [0.29, 0.717) is 24.2 Å². The summed E-state index contributed by atoms with van der Waals surface area (Å²) in [7, 11) is 0. The van der Waals surface area contributed by atoms with Crippen LogP contribution in [0.25, 0.3) is 0 Å². The third-order valence-electron chi connectivity index (χ3n) is 6.12. The Morgan fingerprint density at radius 3 is 2.52 bits per heavy atom. The predicted molar refractivity (Wildman–Crippen MR) is 101 cm³/mol. The van der Waals surface area contributed by atoms with Crippen molar-refractivity contribution >= 4 is 11.6 Å². The fraction of sp³-hybridized carbons (Fsp3) is 0.650. The molecular formula is C20H30N4O. The first-order valence-corrected chi connectivity index (χ1v) is 9.71. The highest BCUT2D eigenvalue weighted by atomic mass is 16.2. The van der Waals surface area contributed by atoms with Gasteiger partial charge in [-0.05, 0) is 36.5 Å². The van der Waals surface area contributed by atoms with Crippen LogP contribution >= 0.6 is 0 Å². The molecule has 0 radical (unpaired) electrons. The van der Waals surface area contributed by atoms with Crippen molar-refractivity contribution in [2.45, 2.75) is 13.3 Å². The second-order valence-corrected chi connectivity index (χ2v) is 7.89. The van der Waals surface area contributed by atoms with Crippen LogP contribution in [-0.2, 0) is 4.79 Å². The molecule has 1 aromatic rings. The number of rotatable bonds is 4. The number of hydrogen-bond donors (Lipinski definition) is 1. The van der Waals surface area contributed by atoms with Gasteiger partial charge in [-0.25, -0.2) is 0 Å². The number of carbonyl (C=O) groups excluding carboxylic acids is 1. The third-order valence-corrected chi connectivity index (χ3v) is 6.12. The van der Waals surface area contributed by atoms with Crippen molar-refractivity contribution in [2.75, 3.05) is 63.8 Å². The second kappa shape index (κ2) is 7.34. The average Bonchev–Trinajstić information content (AvgIpc) is 3.22. The Balaban J connectivity index is 1.21. The largest absolute Gasteiger partial charge is 0.369 e. The van der Waals surface area contributed by atoms with Crippen molar-refractivity contribution in [1.82, 2.24) is 15.1 Å². The van der Waals surface area contributed by atoms with E-state index in [4.69, 9.17) is 0 Å². The Morgan fingerprint density at radius 1 is 1.12 bits per heavy atom. The van der Waals surface area contributed by atoms with Gasteiger partial charge in [-0.2, -0.15) is 0 Å². The molecule has 25 heavy (non-hydrogen) atoms. The summed E-state index contributed by atoms with van der Waals surface area (Å²) in [4.78, 5) is 19.5. The van der Waals surface area contributed by atoms with Crippen LogP contribution in [0.1, 0.15) is 12.0 Å². The third kappa shape index (κ3) is 3.82. The van der Waals surface area contributed by atoms with Crippen molar-refractivity contribution in [3.05, 3.63) is 29.8 Å². The van der Waals surface area contributed by atoms with E-state index in [2.05, 4.69) is 51.2 Å². The topological polar surface area (TPSA) is 38.8 Å². The minimum Gasteiger partial charge on any atom is -0.369 e. The number of likely N-dealkylation sites (tertiary alicyclic amines) is 1. The molecule has 3 fully saturated rings. The number of fused-ring (bicyclic) bond motifs is 1. The molecule has 3 aliphatic heterocycles. The fourth-order valence-electron chi connectivity index (χ4n) is 4.53. The SMILES string of the molecule is Cc1cccc(N2CCN(CCC(=O)N3C[C@H]4CNC[C@H]4C3)CC2)c1. The van der Waals surface area contributed by atoms with Gasteiger partial charge in [-0.3, -0.25) is 9.69 Å². The molecule has 0 bridgehead atoms. The molecule has 5 heteroatoms. The van der Waals surface area contributed by atoms with E-state index in [1.54, 1.807) is 0 Å². The zero-order valence-corrected chi connectivity index (χ0v) is 15.3. The molecule has 0 spiro atoms. The summed E-state index contributed by atoms with van der Waals surface area (Å²) in [6.45, 7) is 11.4. The molecule has 0 aromatic heterocycles. The van der Waals surface area contributed by atoms with E-state index in [1.165, 1.54) is 11.3 Å². The summed E-state index contributed by atoms with van der Waals surface area (Å²) in [6, 6.07) is 8.74. The highest BCUT2D eigenvalue weighted by Crippen LogP contribution is 2.26.